The van der Waals surface area contributed by atoms with Crippen LogP contribution in [0.2, 0.25) is 5.02 Å². The Labute approximate surface area is 209 Å². The molecule has 1 saturated heterocycles. The van der Waals surface area contributed by atoms with Crippen LogP contribution in [0.25, 0.3) is 9.88 Å². The Kier molecular flexibility index (Phi) is 6.52. The molecule has 1 saturated carbocycles. The number of ether oxygens (including phenoxy) is 1. The topological polar surface area (TPSA) is 97.4 Å². The number of thiophene rings is 1. The molecule has 176 valence electrons. The lowest BCUT2D eigenvalue weighted by molar-refractivity contribution is -0.131. The summed E-state index contributed by atoms with van der Waals surface area (Å²) in [5.41, 5.74) is 0.0730. The van der Waals surface area contributed by atoms with Gasteiger partial charge in [0.15, 0.2) is 5.78 Å². The van der Waals surface area contributed by atoms with Crippen LogP contribution in [0.3, 0.4) is 0 Å². The summed E-state index contributed by atoms with van der Waals surface area (Å²) in [6.07, 6.45) is 1.99. The van der Waals surface area contributed by atoms with Crippen molar-refractivity contribution in [2.75, 3.05) is 6.61 Å². The van der Waals surface area contributed by atoms with Gasteiger partial charge in [0.05, 0.1) is 11.0 Å². The van der Waals surface area contributed by atoms with Crippen LogP contribution in [-0.2, 0) is 20.7 Å². The highest BCUT2D eigenvalue weighted by Gasteiger charge is 2.55. The summed E-state index contributed by atoms with van der Waals surface area (Å²) in [4.78, 5) is 44.6. The molecular formula is C24H22ClN3O4S2. The first-order valence-electron chi connectivity index (χ1n) is 11.0. The zero-order valence-electron chi connectivity index (χ0n) is 18.1. The third-order valence-electron chi connectivity index (χ3n) is 6.29. The quantitative estimate of drug-likeness (QED) is 0.498. The van der Waals surface area contributed by atoms with Gasteiger partial charge in [0, 0.05) is 16.8 Å². The summed E-state index contributed by atoms with van der Waals surface area (Å²) in [7, 11) is 0. The van der Waals surface area contributed by atoms with E-state index in [1.165, 1.54) is 11.3 Å². The van der Waals surface area contributed by atoms with Crippen molar-refractivity contribution in [1.82, 2.24) is 15.6 Å². The molecule has 0 bridgehead atoms. The lowest BCUT2D eigenvalue weighted by atomic mass is 9.91. The minimum Gasteiger partial charge on any atom is -0.367 e. The Morgan fingerprint density at radius 2 is 2.06 bits per heavy atom. The van der Waals surface area contributed by atoms with E-state index in [0.29, 0.717) is 11.4 Å². The van der Waals surface area contributed by atoms with Crippen molar-refractivity contribution >= 4 is 51.9 Å². The molecule has 34 heavy (non-hydrogen) atoms. The van der Waals surface area contributed by atoms with Gasteiger partial charge in [-0.1, -0.05) is 29.8 Å². The van der Waals surface area contributed by atoms with Gasteiger partial charge in [-0.25, -0.2) is 4.98 Å². The Morgan fingerprint density at radius 3 is 2.82 bits per heavy atom. The number of rotatable bonds is 7. The monoisotopic (exact) mass is 515 g/mol. The summed E-state index contributed by atoms with van der Waals surface area (Å²) < 4.78 is 5.62. The van der Waals surface area contributed by atoms with Crippen LogP contribution in [0.5, 0.6) is 0 Å². The van der Waals surface area contributed by atoms with Crippen LogP contribution in [0, 0.1) is 0 Å². The van der Waals surface area contributed by atoms with Gasteiger partial charge in [0.25, 0.3) is 5.91 Å². The van der Waals surface area contributed by atoms with E-state index in [1.807, 2.05) is 29.6 Å². The molecule has 5 rings (SSSR count). The molecular weight excluding hydrogens is 494 g/mol. The minimum atomic E-state index is -1.01. The second-order valence-electron chi connectivity index (χ2n) is 8.45. The number of Topliss-reactive ketones (excluding diaryl/α,β-unsaturated/α-hetero) is 1. The largest absolute Gasteiger partial charge is 0.367 e. The third kappa shape index (κ3) is 4.53. The highest BCUT2D eigenvalue weighted by Crippen LogP contribution is 2.38. The SMILES string of the molecule is O=C(NC(Cc1ccc(Cl)cc1)C(=O)NC12CCCC1OCC2=O)c1csc(-c2cccs2)n1. The van der Waals surface area contributed by atoms with E-state index in [2.05, 4.69) is 15.6 Å². The number of aromatic nitrogens is 1. The van der Waals surface area contributed by atoms with E-state index in [-0.39, 0.29) is 30.6 Å². The number of benzene rings is 1. The first-order chi connectivity index (χ1) is 16.4. The maximum absolute atomic E-state index is 13.4. The molecule has 10 heteroatoms. The predicted molar refractivity (Wildman–Crippen MR) is 131 cm³/mol. The van der Waals surface area contributed by atoms with Gasteiger partial charge < -0.3 is 15.4 Å². The molecule has 2 N–H and O–H groups in total. The zero-order chi connectivity index (χ0) is 23.7. The molecule has 0 radical (unpaired) electrons. The third-order valence-corrected chi connectivity index (χ3v) is 8.42. The van der Waals surface area contributed by atoms with E-state index >= 15 is 0 Å². The molecule has 3 unspecified atom stereocenters. The molecule has 1 aromatic carbocycles. The number of hydrogen-bond acceptors (Lipinski definition) is 7. The first kappa shape index (κ1) is 23.2. The number of nitrogens with zero attached hydrogens (tertiary/aromatic N) is 1. The Hall–Kier alpha value is -2.59. The van der Waals surface area contributed by atoms with Crippen LogP contribution in [0.15, 0.2) is 47.2 Å². The number of hydrogen-bond donors (Lipinski definition) is 2. The van der Waals surface area contributed by atoms with Crippen molar-refractivity contribution in [3.05, 3.63) is 63.4 Å². The summed E-state index contributed by atoms with van der Waals surface area (Å²) in [6, 6.07) is 10.1. The summed E-state index contributed by atoms with van der Waals surface area (Å²) in [5.74, 6) is -0.967. The van der Waals surface area contributed by atoms with Crippen LogP contribution in [-0.4, -0.2) is 46.9 Å². The number of carbonyl (C=O) groups is 3. The van der Waals surface area contributed by atoms with Crippen molar-refractivity contribution in [3.8, 4) is 9.88 Å². The molecule has 3 atom stereocenters. The second kappa shape index (κ2) is 9.58. The van der Waals surface area contributed by atoms with Gasteiger partial charge >= 0.3 is 0 Å². The van der Waals surface area contributed by atoms with Gasteiger partial charge in [0.1, 0.15) is 28.9 Å². The number of fused-ring (bicyclic) bond motifs is 1. The zero-order valence-corrected chi connectivity index (χ0v) is 20.5. The lowest BCUT2D eigenvalue weighted by Gasteiger charge is -2.30. The average molecular weight is 516 g/mol. The number of ketones is 1. The van der Waals surface area contributed by atoms with E-state index in [9.17, 15) is 14.4 Å². The highest BCUT2D eigenvalue weighted by atomic mass is 35.5. The van der Waals surface area contributed by atoms with Gasteiger partial charge in [-0.15, -0.1) is 22.7 Å². The fraction of sp³-hybridized carbons (Fsp3) is 0.333. The van der Waals surface area contributed by atoms with Crippen LogP contribution < -0.4 is 10.6 Å². The number of halogens is 1. The molecule has 3 aromatic rings. The van der Waals surface area contributed by atoms with Crippen LogP contribution >= 0.6 is 34.3 Å². The van der Waals surface area contributed by atoms with Gasteiger partial charge in [-0.05, 0) is 48.4 Å². The Morgan fingerprint density at radius 1 is 1.24 bits per heavy atom. The number of nitrogens with one attached hydrogen (secondary N) is 2. The average Bonchev–Trinajstić information content (AvgIpc) is 3.61. The van der Waals surface area contributed by atoms with Gasteiger partial charge in [0.2, 0.25) is 5.91 Å². The summed E-state index contributed by atoms with van der Waals surface area (Å²) >= 11 is 8.93. The Bertz CT molecular complexity index is 1210. The van der Waals surface area contributed by atoms with E-state index in [4.69, 9.17) is 16.3 Å². The first-order valence-corrected chi connectivity index (χ1v) is 13.1. The van der Waals surface area contributed by atoms with E-state index in [0.717, 1.165) is 28.3 Å². The van der Waals surface area contributed by atoms with E-state index < -0.39 is 23.4 Å². The summed E-state index contributed by atoms with van der Waals surface area (Å²) in [6.45, 7) is 0.00345. The number of carbonyl (C=O) groups excluding carboxylic acids is 3. The van der Waals surface area contributed by atoms with E-state index in [1.54, 1.807) is 28.8 Å². The molecule has 0 spiro atoms. The van der Waals surface area contributed by atoms with Crippen LogP contribution in [0.1, 0.15) is 35.3 Å². The normalized spacial score (nSPS) is 22.4. The fourth-order valence-electron chi connectivity index (χ4n) is 4.53. The van der Waals surface area contributed by atoms with Crippen molar-refractivity contribution < 1.29 is 19.1 Å². The summed E-state index contributed by atoms with van der Waals surface area (Å²) in [5, 5.41) is 10.7. The predicted octanol–water partition coefficient (Wildman–Crippen LogP) is 3.87. The van der Waals surface area contributed by atoms with Crippen molar-refractivity contribution in [2.45, 2.75) is 43.4 Å². The van der Waals surface area contributed by atoms with Crippen molar-refractivity contribution in [1.29, 1.82) is 0 Å². The maximum Gasteiger partial charge on any atom is 0.271 e. The van der Waals surface area contributed by atoms with Crippen molar-refractivity contribution in [2.24, 2.45) is 0 Å². The highest BCUT2D eigenvalue weighted by molar-refractivity contribution is 7.20. The number of thiazole rings is 1. The fourth-order valence-corrected chi connectivity index (χ4v) is 6.27. The van der Waals surface area contributed by atoms with Crippen LogP contribution in [0.4, 0.5) is 0 Å². The minimum absolute atomic E-state index is 0.00345. The molecule has 7 nitrogen and oxygen atoms in total. The number of amides is 2. The molecule has 1 aliphatic heterocycles. The molecule has 2 aliphatic rings. The standard InChI is InChI=1S/C24H22ClN3O4S2/c25-15-7-5-14(6-8-15)11-16(22(31)28-24-9-1-4-20(24)32-12-19(24)29)26-21(30)17-13-34-23(27-17)18-3-2-10-33-18/h2-3,5-8,10,13,16,20H,1,4,9,11-12H2,(H,26,30)(H,28,31). The molecule has 1 aliphatic carbocycles. The van der Waals surface area contributed by atoms with Gasteiger partial charge in [-0.2, -0.15) is 0 Å². The molecule has 2 aromatic heterocycles. The van der Waals surface area contributed by atoms with Gasteiger partial charge in [-0.3, -0.25) is 14.4 Å². The molecule has 2 fully saturated rings. The maximum atomic E-state index is 13.4. The smallest absolute Gasteiger partial charge is 0.271 e. The molecule has 2 amide bonds. The van der Waals surface area contributed by atoms with Crippen molar-refractivity contribution in [3.63, 3.8) is 0 Å². The second-order valence-corrected chi connectivity index (χ2v) is 10.7. The Balaban J connectivity index is 1.36. The lowest BCUT2D eigenvalue weighted by Crippen LogP contribution is -2.60. The molecule has 3 heterocycles.